The van der Waals surface area contributed by atoms with Gasteiger partial charge in [-0.2, -0.15) is 0 Å². The maximum atomic E-state index is 3.94. The molecule has 0 bridgehead atoms. The Bertz CT molecular complexity index is 177. The van der Waals surface area contributed by atoms with Crippen molar-refractivity contribution in [2.24, 2.45) is 5.92 Å². The second kappa shape index (κ2) is 2.49. The quantitative estimate of drug-likeness (QED) is 0.536. The molecule has 0 unspecified atom stereocenters. The smallest absolute Gasteiger partial charge is 0.0163 e. The van der Waals surface area contributed by atoms with Crippen molar-refractivity contribution in [3.8, 4) is 0 Å². The van der Waals surface area contributed by atoms with Gasteiger partial charge in [-0.3, -0.25) is 0 Å². The minimum Gasteiger partial charge on any atom is -0.352 e. The molecule has 0 aromatic rings. The first-order valence-electron chi connectivity index (χ1n) is 3.74. The van der Waals surface area contributed by atoms with Crippen LogP contribution in [0.4, 0.5) is 0 Å². The summed E-state index contributed by atoms with van der Waals surface area (Å²) in [6, 6.07) is 0. The van der Waals surface area contributed by atoms with Crippen LogP contribution in [0.1, 0.15) is 20.3 Å². The Balaban J connectivity index is 2.72. The van der Waals surface area contributed by atoms with E-state index < -0.39 is 0 Å². The monoisotopic (exact) mass is 137 g/mol. The number of hydrogen-bond acceptors (Lipinski definition) is 1. The third-order valence-electron chi connectivity index (χ3n) is 2.00. The molecule has 1 aliphatic heterocycles. The lowest BCUT2D eigenvalue weighted by Gasteiger charge is -2.20. The molecule has 1 nitrogen and oxygen atoms in total. The normalized spacial score (nSPS) is 18.6. The molecule has 1 heterocycles. The van der Waals surface area contributed by atoms with Gasteiger partial charge in [0.15, 0.2) is 0 Å². The summed E-state index contributed by atoms with van der Waals surface area (Å²) >= 11 is 0. The topological polar surface area (TPSA) is 3.24 Å². The highest BCUT2D eigenvalue weighted by molar-refractivity contribution is 5.21. The summed E-state index contributed by atoms with van der Waals surface area (Å²) in [5, 5.41) is 0. The van der Waals surface area contributed by atoms with E-state index in [1.54, 1.807) is 0 Å². The molecule has 0 amide bonds. The van der Waals surface area contributed by atoms with Gasteiger partial charge in [-0.05, 0) is 5.92 Å². The van der Waals surface area contributed by atoms with Gasteiger partial charge in [0.25, 0.3) is 0 Å². The highest BCUT2D eigenvalue weighted by atomic mass is 15.1. The van der Waals surface area contributed by atoms with Crippen LogP contribution >= 0.6 is 0 Å². The van der Waals surface area contributed by atoms with Crippen molar-refractivity contribution < 1.29 is 0 Å². The van der Waals surface area contributed by atoms with Crippen molar-refractivity contribution in [1.82, 2.24) is 4.90 Å². The molecular weight excluding hydrogens is 122 g/mol. The molecule has 0 N–H and O–H groups in total. The maximum absolute atomic E-state index is 3.94. The Morgan fingerprint density at radius 2 is 2.20 bits per heavy atom. The van der Waals surface area contributed by atoms with Crippen LogP contribution in [0.15, 0.2) is 24.0 Å². The minimum absolute atomic E-state index is 0.629. The van der Waals surface area contributed by atoms with Crippen LogP contribution in [0.5, 0.6) is 0 Å². The van der Waals surface area contributed by atoms with Crippen LogP contribution in [0.2, 0.25) is 0 Å². The van der Waals surface area contributed by atoms with Crippen molar-refractivity contribution in [3.05, 3.63) is 24.0 Å². The summed E-state index contributed by atoms with van der Waals surface area (Å²) in [6.45, 7) is 8.36. The average Bonchev–Trinajstić information content (AvgIpc) is 2.14. The average molecular weight is 137 g/mol. The van der Waals surface area contributed by atoms with Crippen LogP contribution in [0, 0.1) is 5.92 Å². The van der Waals surface area contributed by atoms with Crippen molar-refractivity contribution in [2.45, 2.75) is 20.3 Å². The van der Waals surface area contributed by atoms with Gasteiger partial charge in [0.1, 0.15) is 0 Å². The molecule has 0 radical (unpaired) electrons. The Kier molecular flexibility index (Phi) is 1.84. The van der Waals surface area contributed by atoms with E-state index in [-0.39, 0.29) is 0 Å². The molecule has 1 rings (SSSR count). The molecule has 1 aliphatic rings. The Labute approximate surface area is 63.0 Å². The summed E-state index contributed by atoms with van der Waals surface area (Å²) in [4.78, 5) is 2.19. The molecule has 0 aromatic carbocycles. The van der Waals surface area contributed by atoms with Crippen LogP contribution in [-0.2, 0) is 0 Å². The second-order valence-corrected chi connectivity index (χ2v) is 3.11. The lowest BCUT2D eigenvalue weighted by Crippen LogP contribution is -2.14. The lowest BCUT2D eigenvalue weighted by atomic mass is 10.1. The van der Waals surface area contributed by atoms with Gasteiger partial charge < -0.3 is 4.90 Å². The fourth-order valence-electron chi connectivity index (χ4n) is 1.30. The molecular formula is C9H15N. The number of allylic oxidation sites excluding steroid dienone is 2. The zero-order valence-corrected chi connectivity index (χ0v) is 7.02. The molecule has 0 saturated carbocycles. The van der Waals surface area contributed by atoms with Crippen LogP contribution < -0.4 is 0 Å². The first kappa shape index (κ1) is 7.39. The molecule has 0 fully saturated rings. The van der Waals surface area contributed by atoms with E-state index in [9.17, 15) is 0 Å². The maximum Gasteiger partial charge on any atom is 0.0163 e. The molecule has 0 aromatic heterocycles. The fraction of sp³-hybridized carbons (Fsp3) is 0.556. The summed E-state index contributed by atoms with van der Waals surface area (Å²) in [7, 11) is 2.08. The van der Waals surface area contributed by atoms with E-state index in [1.807, 2.05) is 0 Å². The molecule has 0 aliphatic carbocycles. The van der Waals surface area contributed by atoms with Gasteiger partial charge in [-0.25, -0.2) is 0 Å². The zero-order chi connectivity index (χ0) is 7.72. The third-order valence-corrected chi connectivity index (χ3v) is 2.00. The SMILES string of the molecule is C=C1CC=C(C(C)C)N1C. The van der Waals surface area contributed by atoms with Gasteiger partial charge >= 0.3 is 0 Å². The van der Waals surface area contributed by atoms with Crippen molar-refractivity contribution in [1.29, 1.82) is 0 Å². The largest absolute Gasteiger partial charge is 0.352 e. The van der Waals surface area contributed by atoms with Gasteiger partial charge in [-0.15, -0.1) is 0 Å². The third kappa shape index (κ3) is 1.08. The molecule has 1 heteroatoms. The molecule has 0 saturated heterocycles. The number of hydrogen-bond donors (Lipinski definition) is 0. The second-order valence-electron chi connectivity index (χ2n) is 3.11. The van der Waals surface area contributed by atoms with Gasteiger partial charge in [0, 0.05) is 24.9 Å². The van der Waals surface area contributed by atoms with Crippen LogP contribution in [-0.4, -0.2) is 11.9 Å². The molecule has 10 heavy (non-hydrogen) atoms. The summed E-state index contributed by atoms with van der Waals surface area (Å²) in [5.41, 5.74) is 2.62. The first-order valence-corrected chi connectivity index (χ1v) is 3.74. The van der Waals surface area contributed by atoms with Crippen molar-refractivity contribution in [2.75, 3.05) is 7.05 Å². The van der Waals surface area contributed by atoms with Gasteiger partial charge in [-0.1, -0.05) is 26.5 Å². The predicted molar refractivity (Wildman–Crippen MR) is 44.4 cm³/mol. The number of rotatable bonds is 1. The van der Waals surface area contributed by atoms with Crippen LogP contribution in [0.3, 0.4) is 0 Å². The van der Waals surface area contributed by atoms with Crippen LogP contribution in [0.25, 0.3) is 0 Å². The summed E-state index contributed by atoms with van der Waals surface area (Å²) in [6.07, 6.45) is 3.29. The molecule has 56 valence electrons. The molecule has 0 spiro atoms. The van der Waals surface area contributed by atoms with E-state index in [2.05, 4.69) is 38.5 Å². The predicted octanol–water partition coefficient (Wildman–Crippen LogP) is 2.38. The van der Waals surface area contributed by atoms with Gasteiger partial charge in [0.2, 0.25) is 0 Å². The number of nitrogens with zero attached hydrogens (tertiary/aromatic N) is 1. The van der Waals surface area contributed by atoms with Crippen molar-refractivity contribution >= 4 is 0 Å². The summed E-state index contributed by atoms with van der Waals surface area (Å²) < 4.78 is 0. The van der Waals surface area contributed by atoms with Crippen molar-refractivity contribution in [3.63, 3.8) is 0 Å². The summed E-state index contributed by atoms with van der Waals surface area (Å²) in [5.74, 6) is 0.629. The lowest BCUT2D eigenvalue weighted by molar-refractivity contribution is 0.475. The van der Waals surface area contributed by atoms with E-state index >= 15 is 0 Å². The van der Waals surface area contributed by atoms with Gasteiger partial charge in [0.05, 0.1) is 0 Å². The Hall–Kier alpha value is -0.720. The standard InChI is InChI=1S/C9H15N/c1-7(2)9-6-5-8(3)10(9)4/h6-7H,3,5H2,1-2,4H3. The van der Waals surface area contributed by atoms with E-state index in [0.29, 0.717) is 5.92 Å². The fourth-order valence-corrected chi connectivity index (χ4v) is 1.30. The molecule has 0 atom stereocenters. The zero-order valence-electron chi connectivity index (χ0n) is 7.02. The van der Waals surface area contributed by atoms with E-state index in [0.717, 1.165) is 6.42 Å². The Morgan fingerprint density at radius 3 is 2.40 bits per heavy atom. The van der Waals surface area contributed by atoms with E-state index in [4.69, 9.17) is 0 Å². The first-order chi connectivity index (χ1) is 4.63. The highest BCUT2D eigenvalue weighted by Gasteiger charge is 2.16. The minimum atomic E-state index is 0.629. The highest BCUT2D eigenvalue weighted by Crippen LogP contribution is 2.26. The Morgan fingerprint density at radius 1 is 1.60 bits per heavy atom. The van der Waals surface area contributed by atoms with E-state index in [1.165, 1.54) is 11.4 Å².